The first kappa shape index (κ1) is 17.6. The van der Waals surface area contributed by atoms with Gasteiger partial charge in [0, 0.05) is 63.1 Å². The molecule has 2 aromatic rings. The number of anilines is 1. The van der Waals surface area contributed by atoms with E-state index in [1.807, 2.05) is 6.07 Å². The van der Waals surface area contributed by atoms with E-state index >= 15 is 0 Å². The lowest BCUT2D eigenvalue weighted by atomic mass is 10.1. The molecular weight excluding hydrogens is 430 g/mol. The zero-order chi connectivity index (χ0) is 17.1. The number of hydrogen-bond donors (Lipinski definition) is 1. The summed E-state index contributed by atoms with van der Waals surface area (Å²) in [5, 5.41) is 12.6. The van der Waals surface area contributed by atoms with Gasteiger partial charge in [-0.25, -0.2) is 4.39 Å². The van der Waals surface area contributed by atoms with Gasteiger partial charge in [-0.3, -0.25) is 8.77 Å². The molecule has 0 saturated heterocycles. The van der Waals surface area contributed by atoms with Crippen molar-refractivity contribution >= 4 is 52.7 Å². The third-order valence-electron chi connectivity index (χ3n) is 3.17. The molecule has 1 aromatic carbocycles. The average Bonchev–Trinajstić information content (AvgIpc) is 2.87. The first-order chi connectivity index (χ1) is 10.9. The van der Waals surface area contributed by atoms with E-state index in [1.54, 1.807) is 42.1 Å². The van der Waals surface area contributed by atoms with E-state index in [1.165, 1.54) is 21.4 Å². The van der Waals surface area contributed by atoms with Crippen LogP contribution in [0.15, 0.2) is 30.0 Å². The zero-order valence-electron chi connectivity index (χ0n) is 12.7. The van der Waals surface area contributed by atoms with E-state index in [0.717, 1.165) is 0 Å². The molecule has 0 atom stereocenters. The molecule has 0 saturated carbocycles. The maximum Gasteiger partial charge on any atom is 0.222 e. The summed E-state index contributed by atoms with van der Waals surface area (Å²) in [7, 11) is 6.41. The molecule has 2 rings (SSSR count). The second-order valence-corrected chi connectivity index (χ2v) is 6.67. The lowest BCUT2D eigenvalue weighted by Crippen LogP contribution is -2.11. The minimum absolute atomic E-state index is 0.0267. The SMILES string of the molecule is CNc1cc2c(cc1F)cc(C(=O)/C(C#N)=C/N(C)C)n2SI. The summed E-state index contributed by atoms with van der Waals surface area (Å²) in [5.41, 5.74) is 1.42. The molecule has 0 aliphatic carbocycles. The summed E-state index contributed by atoms with van der Waals surface area (Å²) in [6.07, 6.45) is 1.47. The molecule has 120 valence electrons. The Bertz CT molecular complexity index is 838. The molecular formula is C15H14FIN4OS. The molecule has 0 unspecified atom stereocenters. The van der Waals surface area contributed by atoms with E-state index in [4.69, 9.17) is 0 Å². The third kappa shape index (κ3) is 3.45. The van der Waals surface area contributed by atoms with E-state index in [0.29, 0.717) is 22.3 Å². The number of aromatic nitrogens is 1. The van der Waals surface area contributed by atoms with Crippen LogP contribution < -0.4 is 5.32 Å². The molecule has 0 aliphatic rings. The predicted molar refractivity (Wildman–Crippen MR) is 100 cm³/mol. The lowest BCUT2D eigenvalue weighted by Gasteiger charge is -2.08. The van der Waals surface area contributed by atoms with Gasteiger partial charge >= 0.3 is 0 Å². The number of allylic oxidation sites excluding steroid dienone is 1. The minimum atomic E-state index is -0.395. The van der Waals surface area contributed by atoms with Crippen molar-refractivity contribution in [3.05, 3.63) is 41.5 Å². The van der Waals surface area contributed by atoms with Gasteiger partial charge in [-0.05, 0) is 18.2 Å². The van der Waals surface area contributed by atoms with E-state index < -0.39 is 5.78 Å². The molecule has 0 aliphatic heterocycles. The third-order valence-corrected chi connectivity index (χ3v) is 4.88. The molecule has 5 nitrogen and oxygen atoms in total. The number of fused-ring (bicyclic) bond motifs is 1. The highest BCUT2D eigenvalue weighted by Crippen LogP contribution is 2.32. The quantitative estimate of drug-likeness (QED) is 0.329. The van der Waals surface area contributed by atoms with E-state index in [9.17, 15) is 14.4 Å². The highest BCUT2D eigenvalue weighted by molar-refractivity contribution is 14.2. The van der Waals surface area contributed by atoms with Crippen LogP contribution in [0.5, 0.6) is 0 Å². The van der Waals surface area contributed by atoms with Gasteiger partial charge in [0.15, 0.2) is 0 Å². The number of nitrogens with zero attached hydrogens (tertiary/aromatic N) is 3. The number of Topliss-reactive ketones (excluding diaryl/α,β-unsaturated/α-hetero) is 1. The van der Waals surface area contributed by atoms with Crippen molar-refractivity contribution in [3.8, 4) is 6.07 Å². The van der Waals surface area contributed by atoms with Crippen molar-refractivity contribution in [2.45, 2.75) is 0 Å². The fourth-order valence-electron chi connectivity index (χ4n) is 2.16. The number of rotatable bonds is 5. The van der Waals surface area contributed by atoms with Crippen molar-refractivity contribution in [3.63, 3.8) is 0 Å². The number of hydrogen-bond acceptors (Lipinski definition) is 5. The first-order valence-electron chi connectivity index (χ1n) is 6.57. The standard InChI is InChI=1S/C15H14FIN4OS/c1-19-12-6-13-9(4-11(12)16)5-14(21(13)23-17)15(22)10(7-18)8-20(2)3/h4-6,8,19H,1-3H3/b10-8+. The number of carbonyl (C=O) groups excluding carboxylic acids is 1. The topological polar surface area (TPSA) is 61.1 Å². The number of carbonyl (C=O) groups is 1. The summed E-state index contributed by atoms with van der Waals surface area (Å²) < 4.78 is 15.6. The number of benzene rings is 1. The summed E-state index contributed by atoms with van der Waals surface area (Å²) in [5.74, 6) is -0.785. The van der Waals surface area contributed by atoms with Crippen LogP contribution >= 0.6 is 30.3 Å². The van der Waals surface area contributed by atoms with E-state index in [2.05, 4.69) is 26.5 Å². The van der Waals surface area contributed by atoms with Crippen molar-refractivity contribution in [1.82, 2.24) is 8.87 Å². The smallest absolute Gasteiger partial charge is 0.222 e. The second kappa shape index (κ2) is 7.23. The molecule has 1 N–H and O–H groups in total. The number of ketones is 1. The van der Waals surface area contributed by atoms with Crippen LogP contribution in [-0.4, -0.2) is 35.8 Å². The molecule has 0 amide bonds. The Hall–Kier alpha value is -1.73. The summed E-state index contributed by atoms with van der Waals surface area (Å²) >= 11 is 2.05. The Kier molecular flexibility index (Phi) is 5.54. The maximum atomic E-state index is 13.9. The van der Waals surface area contributed by atoms with Gasteiger partial charge in [0.05, 0.1) is 11.2 Å². The Morgan fingerprint density at radius 2 is 2.17 bits per heavy atom. The van der Waals surface area contributed by atoms with Crippen LogP contribution in [0.25, 0.3) is 10.9 Å². The van der Waals surface area contributed by atoms with Crippen LogP contribution in [0.3, 0.4) is 0 Å². The van der Waals surface area contributed by atoms with Gasteiger partial charge in [0.2, 0.25) is 5.78 Å². The minimum Gasteiger partial charge on any atom is -0.386 e. The Balaban J connectivity index is 2.66. The monoisotopic (exact) mass is 444 g/mol. The van der Waals surface area contributed by atoms with Crippen molar-refractivity contribution in [2.75, 3.05) is 26.5 Å². The van der Waals surface area contributed by atoms with Crippen molar-refractivity contribution in [2.24, 2.45) is 0 Å². The van der Waals surface area contributed by atoms with Gasteiger partial charge in [-0.1, -0.05) is 0 Å². The highest BCUT2D eigenvalue weighted by Gasteiger charge is 2.21. The molecule has 0 fully saturated rings. The summed E-state index contributed by atoms with van der Waals surface area (Å²) in [6.45, 7) is 0. The van der Waals surface area contributed by atoms with Crippen LogP contribution in [0.1, 0.15) is 10.5 Å². The van der Waals surface area contributed by atoms with Crippen LogP contribution in [0, 0.1) is 17.1 Å². The molecule has 23 heavy (non-hydrogen) atoms. The average molecular weight is 444 g/mol. The second-order valence-electron chi connectivity index (χ2n) is 4.98. The Labute approximate surface area is 149 Å². The molecule has 1 aromatic heterocycles. The van der Waals surface area contributed by atoms with Crippen LogP contribution in [-0.2, 0) is 0 Å². The molecule has 1 heterocycles. The van der Waals surface area contributed by atoms with Gasteiger partial charge in [-0.15, -0.1) is 0 Å². The highest BCUT2D eigenvalue weighted by atomic mass is 127. The van der Waals surface area contributed by atoms with Crippen LogP contribution in [0.2, 0.25) is 0 Å². The molecule has 0 radical (unpaired) electrons. The van der Waals surface area contributed by atoms with Gasteiger partial charge in [0.25, 0.3) is 0 Å². The largest absolute Gasteiger partial charge is 0.386 e. The Morgan fingerprint density at radius 3 is 2.70 bits per heavy atom. The molecule has 0 bridgehead atoms. The van der Waals surface area contributed by atoms with E-state index in [-0.39, 0.29) is 11.4 Å². The van der Waals surface area contributed by atoms with Gasteiger partial charge in [0.1, 0.15) is 23.2 Å². The van der Waals surface area contributed by atoms with Crippen molar-refractivity contribution in [1.29, 1.82) is 5.26 Å². The summed E-state index contributed by atoms with van der Waals surface area (Å²) in [4.78, 5) is 14.3. The zero-order valence-corrected chi connectivity index (χ0v) is 15.7. The normalized spacial score (nSPS) is 11.4. The summed E-state index contributed by atoms with van der Waals surface area (Å²) in [6, 6.07) is 6.55. The molecule has 0 spiro atoms. The fraction of sp³-hybridized carbons (Fsp3) is 0.200. The van der Waals surface area contributed by atoms with Gasteiger partial charge in [-0.2, -0.15) is 5.26 Å². The van der Waals surface area contributed by atoms with Crippen molar-refractivity contribution < 1.29 is 9.18 Å². The Morgan fingerprint density at radius 1 is 1.48 bits per heavy atom. The molecule has 8 heteroatoms. The fourth-order valence-corrected chi connectivity index (χ4v) is 3.88. The number of nitriles is 1. The van der Waals surface area contributed by atoms with Gasteiger partial charge < -0.3 is 10.2 Å². The maximum absolute atomic E-state index is 13.9. The van der Waals surface area contributed by atoms with Crippen LogP contribution in [0.4, 0.5) is 10.1 Å². The number of halogens is 2. The number of nitrogens with one attached hydrogen (secondary N) is 1. The lowest BCUT2D eigenvalue weighted by molar-refractivity contribution is 0.103. The first-order valence-corrected chi connectivity index (χ1v) is 9.89. The predicted octanol–water partition coefficient (Wildman–Crippen LogP) is 3.82.